The van der Waals surface area contributed by atoms with Crippen molar-refractivity contribution in [1.29, 1.82) is 0 Å². The van der Waals surface area contributed by atoms with E-state index in [0.29, 0.717) is 26.2 Å². The van der Waals surface area contributed by atoms with E-state index in [2.05, 4.69) is 5.32 Å². The minimum Gasteiger partial charge on any atom is -0.454 e. The molecule has 1 aliphatic rings. The zero-order valence-corrected chi connectivity index (χ0v) is 16.7. The normalized spacial score (nSPS) is 18.4. The molecule has 1 aliphatic heterocycles. The van der Waals surface area contributed by atoms with E-state index in [1.807, 2.05) is 37.3 Å². The van der Waals surface area contributed by atoms with Crippen molar-refractivity contribution in [1.82, 2.24) is 5.32 Å². The molecule has 0 radical (unpaired) electrons. The van der Waals surface area contributed by atoms with Crippen LogP contribution in [0.15, 0.2) is 30.3 Å². The van der Waals surface area contributed by atoms with E-state index >= 15 is 0 Å². The monoisotopic (exact) mass is 393 g/mol. The Bertz CT molecular complexity index is 588. The molecule has 156 valence electrons. The van der Waals surface area contributed by atoms with Gasteiger partial charge in [0.05, 0.1) is 18.8 Å². The van der Waals surface area contributed by atoms with E-state index in [1.54, 1.807) is 6.92 Å². The van der Waals surface area contributed by atoms with Crippen molar-refractivity contribution >= 4 is 11.9 Å². The van der Waals surface area contributed by atoms with E-state index in [9.17, 15) is 9.59 Å². The van der Waals surface area contributed by atoms with Gasteiger partial charge in [0.15, 0.2) is 12.7 Å². The van der Waals surface area contributed by atoms with Crippen LogP contribution in [0.3, 0.4) is 0 Å². The molecule has 0 bridgehead atoms. The molecule has 0 saturated carbocycles. The van der Waals surface area contributed by atoms with Crippen LogP contribution in [0.5, 0.6) is 0 Å². The Balaban J connectivity index is 1.49. The number of hydrogen-bond acceptors (Lipinski definition) is 6. The number of amides is 1. The van der Waals surface area contributed by atoms with Gasteiger partial charge in [0, 0.05) is 19.8 Å². The van der Waals surface area contributed by atoms with Crippen LogP contribution in [0.4, 0.5) is 0 Å². The van der Waals surface area contributed by atoms with Gasteiger partial charge < -0.3 is 24.3 Å². The number of hydrogen-bond donors (Lipinski definition) is 1. The molecular formula is C21H31NO6. The van der Waals surface area contributed by atoms with E-state index in [0.717, 1.165) is 25.0 Å². The Morgan fingerprint density at radius 3 is 2.71 bits per heavy atom. The highest BCUT2D eigenvalue weighted by Gasteiger charge is 2.21. The van der Waals surface area contributed by atoms with Crippen LogP contribution < -0.4 is 5.32 Å². The molecule has 1 aromatic carbocycles. The predicted octanol–water partition coefficient (Wildman–Crippen LogP) is 2.40. The molecule has 7 heteroatoms. The van der Waals surface area contributed by atoms with Crippen molar-refractivity contribution in [3.8, 4) is 0 Å². The maximum Gasteiger partial charge on any atom is 0.335 e. The molecule has 1 aromatic rings. The zero-order chi connectivity index (χ0) is 20.2. The molecule has 1 heterocycles. The molecule has 1 fully saturated rings. The fourth-order valence-electron chi connectivity index (χ4n) is 2.78. The summed E-state index contributed by atoms with van der Waals surface area (Å²) in [5.74, 6) is -0.885. The first-order chi connectivity index (χ1) is 13.6. The van der Waals surface area contributed by atoms with Crippen LogP contribution in [0.25, 0.3) is 0 Å². The first-order valence-corrected chi connectivity index (χ1v) is 9.89. The van der Waals surface area contributed by atoms with E-state index in [4.69, 9.17) is 18.9 Å². The van der Waals surface area contributed by atoms with Crippen molar-refractivity contribution in [2.75, 3.05) is 33.0 Å². The lowest BCUT2D eigenvalue weighted by molar-refractivity contribution is -0.160. The molecule has 0 spiro atoms. The molecule has 28 heavy (non-hydrogen) atoms. The Labute approximate surface area is 166 Å². The fourth-order valence-corrected chi connectivity index (χ4v) is 2.78. The van der Waals surface area contributed by atoms with Crippen molar-refractivity contribution in [3.05, 3.63) is 35.9 Å². The number of carbonyl (C=O) groups is 2. The van der Waals surface area contributed by atoms with Crippen LogP contribution in [0, 0.1) is 0 Å². The summed E-state index contributed by atoms with van der Waals surface area (Å²) in [6.45, 7) is 5.39. The molecule has 2 rings (SSSR count). The van der Waals surface area contributed by atoms with Gasteiger partial charge in [0.2, 0.25) is 0 Å². The minimum atomic E-state index is -0.718. The zero-order valence-electron chi connectivity index (χ0n) is 16.7. The van der Waals surface area contributed by atoms with Gasteiger partial charge in [-0.3, -0.25) is 4.79 Å². The van der Waals surface area contributed by atoms with Gasteiger partial charge in [-0.15, -0.1) is 0 Å². The second-order valence-electron chi connectivity index (χ2n) is 6.85. The lowest BCUT2D eigenvalue weighted by atomic mass is 10.1. The van der Waals surface area contributed by atoms with Gasteiger partial charge in [-0.25, -0.2) is 4.79 Å². The number of rotatable bonds is 12. The SMILES string of the molecule is CC(OCC1CCCO1)C(=O)OCC(=O)NCCCOC(C)c1ccccc1. The van der Waals surface area contributed by atoms with Crippen molar-refractivity contribution in [2.45, 2.75) is 51.4 Å². The number of benzene rings is 1. The Morgan fingerprint density at radius 1 is 1.21 bits per heavy atom. The molecule has 7 nitrogen and oxygen atoms in total. The van der Waals surface area contributed by atoms with Crippen molar-refractivity contribution < 1.29 is 28.5 Å². The first-order valence-electron chi connectivity index (χ1n) is 9.89. The van der Waals surface area contributed by atoms with Gasteiger partial charge >= 0.3 is 5.97 Å². The van der Waals surface area contributed by atoms with E-state index in [1.165, 1.54) is 0 Å². The predicted molar refractivity (Wildman–Crippen MR) is 104 cm³/mol. The number of esters is 1. The summed E-state index contributed by atoms with van der Waals surface area (Å²) >= 11 is 0. The lowest BCUT2D eigenvalue weighted by Crippen LogP contribution is -2.33. The third-order valence-corrected chi connectivity index (χ3v) is 4.51. The highest BCUT2D eigenvalue weighted by molar-refractivity contribution is 5.81. The summed E-state index contributed by atoms with van der Waals surface area (Å²) in [6.07, 6.45) is 1.98. The van der Waals surface area contributed by atoms with Gasteiger partial charge in [0.25, 0.3) is 5.91 Å². The van der Waals surface area contributed by atoms with Gasteiger partial charge in [-0.05, 0) is 38.7 Å². The fraction of sp³-hybridized carbons (Fsp3) is 0.619. The van der Waals surface area contributed by atoms with Gasteiger partial charge in [0.1, 0.15) is 0 Å². The van der Waals surface area contributed by atoms with Crippen LogP contribution in [-0.4, -0.2) is 57.1 Å². The summed E-state index contributed by atoms with van der Waals surface area (Å²) in [5.41, 5.74) is 1.12. The first kappa shape index (κ1) is 22.3. The maximum absolute atomic E-state index is 11.9. The van der Waals surface area contributed by atoms with Gasteiger partial charge in [-0.1, -0.05) is 30.3 Å². The molecule has 1 saturated heterocycles. The number of carbonyl (C=O) groups excluding carboxylic acids is 2. The van der Waals surface area contributed by atoms with Crippen molar-refractivity contribution in [2.24, 2.45) is 0 Å². The average molecular weight is 393 g/mol. The van der Waals surface area contributed by atoms with Crippen LogP contribution in [0.2, 0.25) is 0 Å². The summed E-state index contributed by atoms with van der Waals surface area (Å²) < 4.78 is 21.6. The Kier molecular flexibility index (Phi) is 9.96. The topological polar surface area (TPSA) is 83.1 Å². The second kappa shape index (κ2) is 12.5. The van der Waals surface area contributed by atoms with E-state index in [-0.39, 0.29) is 24.7 Å². The molecule has 1 amide bonds. The molecule has 0 aliphatic carbocycles. The third-order valence-electron chi connectivity index (χ3n) is 4.51. The van der Waals surface area contributed by atoms with Crippen LogP contribution >= 0.6 is 0 Å². The molecule has 3 unspecified atom stereocenters. The van der Waals surface area contributed by atoms with Gasteiger partial charge in [-0.2, -0.15) is 0 Å². The highest BCUT2D eigenvalue weighted by Crippen LogP contribution is 2.15. The van der Waals surface area contributed by atoms with E-state index < -0.39 is 12.1 Å². The third kappa shape index (κ3) is 8.37. The Hall–Kier alpha value is -1.96. The summed E-state index contributed by atoms with van der Waals surface area (Å²) in [6, 6.07) is 9.96. The highest BCUT2D eigenvalue weighted by atomic mass is 16.6. The Morgan fingerprint density at radius 2 is 2.00 bits per heavy atom. The summed E-state index contributed by atoms with van der Waals surface area (Å²) in [5, 5.41) is 2.71. The minimum absolute atomic E-state index is 0.00831. The largest absolute Gasteiger partial charge is 0.454 e. The average Bonchev–Trinajstić information content (AvgIpc) is 3.24. The number of nitrogens with one attached hydrogen (secondary N) is 1. The maximum atomic E-state index is 11.9. The summed E-state index contributed by atoms with van der Waals surface area (Å²) in [7, 11) is 0. The second-order valence-corrected chi connectivity index (χ2v) is 6.85. The van der Waals surface area contributed by atoms with Crippen LogP contribution in [0.1, 0.15) is 44.8 Å². The smallest absolute Gasteiger partial charge is 0.335 e. The van der Waals surface area contributed by atoms with Crippen molar-refractivity contribution in [3.63, 3.8) is 0 Å². The summed E-state index contributed by atoms with van der Waals surface area (Å²) in [4.78, 5) is 23.6. The molecule has 3 atom stereocenters. The molecule has 1 N–H and O–H groups in total. The number of ether oxygens (including phenoxy) is 4. The quantitative estimate of drug-likeness (QED) is 0.434. The molecule has 0 aromatic heterocycles. The lowest BCUT2D eigenvalue weighted by Gasteiger charge is -2.15. The standard InChI is InChI=1S/C21H31NO6/c1-16(18-8-4-3-5-9-18)25-13-7-11-22-20(23)15-28-21(24)17(2)27-14-19-10-6-12-26-19/h3-5,8-9,16-17,19H,6-7,10-15H2,1-2H3,(H,22,23). The molecular weight excluding hydrogens is 362 g/mol. The van der Waals surface area contributed by atoms with Crippen LogP contribution in [-0.2, 0) is 28.5 Å².